The minimum atomic E-state index is -0.721. The van der Waals surface area contributed by atoms with Crippen molar-refractivity contribution in [3.63, 3.8) is 0 Å². The van der Waals surface area contributed by atoms with Gasteiger partial charge in [0.15, 0.2) is 0 Å². The van der Waals surface area contributed by atoms with E-state index in [0.29, 0.717) is 18.7 Å². The van der Waals surface area contributed by atoms with Crippen LogP contribution in [0.15, 0.2) is 24.3 Å². The average Bonchev–Trinajstić information content (AvgIpc) is 2.41. The topological polar surface area (TPSA) is 52.6 Å². The number of para-hydroxylation sites is 1. The summed E-state index contributed by atoms with van der Waals surface area (Å²) >= 11 is 0. The van der Waals surface area contributed by atoms with Gasteiger partial charge in [-0.3, -0.25) is 4.79 Å². The van der Waals surface area contributed by atoms with E-state index in [4.69, 9.17) is 0 Å². The van der Waals surface area contributed by atoms with Crippen LogP contribution in [0.4, 0.5) is 5.69 Å². The van der Waals surface area contributed by atoms with E-state index in [1.165, 1.54) is 0 Å². The van der Waals surface area contributed by atoms with Gasteiger partial charge in [-0.25, -0.2) is 0 Å². The Morgan fingerprint density at radius 2 is 2.05 bits per heavy atom. The number of nitrogens with zero attached hydrogens (tertiary/aromatic N) is 1. The fourth-order valence-corrected chi connectivity index (χ4v) is 2.38. The molecule has 110 valence electrons. The molecule has 1 fully saturated rings. The lowest BCUT2D eigenvalue weighted by Gasteiger charge is -2.49. The molecular weight excluding hydrogens is 252 g/mol. The summed E-state index contributed by atoms with van der Waals surface area (Å²) in [7, 11) is 0. The van der Waals surface area contributed by atoms with Crippen molar-refractivity contribution in [1.82, 2.24) is 4.90 Å². The van der Waals surface area contributed by atoms with Gasteiger partial charge < -0.3 is 15.3 Å². The Labute approximate surface area is 120 Å². The predicted octanol–water partition coefficient (Wildman–Crippen LogP) is 2.35. The molecule has 1 aliphatic heterocycles. The lowest BCUT2D eigenvalue weighted by Crippen LogP contribution is -2.66. The highest BCUT2D eigenvalue weighted by Crippen LogP contribution is 2.30. The molecule has 1 aliphatic rings. The lowest BCUT2D eigenvalue weighted by molar-refractivity contribution is -0.110. The number of carbonyl (C=O) groups is 1. The first-order chi connectivity index (χ1) is 9.48. The maximum atomic E-state index is 12.5. The van der Waals surface area contributed by atoms with Crippen LogP contribution in [0.25, 0.3) is 0 Å². The van der Waals surface area contributed by atoms with E-state index >= 15 is 0 Å². The molecule has 0 radical (unpaired) electrons. The van der Waals surface area contributed by atoms with E-state index in [0.717, 1.165) is 18.7 Å². The summed E-state index contributed by atoms with van der Waals surface area (Å²) < 4.78 is 0. The van der Waals surface area contributed by atoms with Crippen LogP contribution in [0, 0.1) is 5.92 Å². The molecule has 1 amide bonds. The predicted molar refractivity (Wildman–Crippen MR) is 80.9 cm³/mol. The number of likely N-dealkylation sites (tertiary alicyclic amines) is 1. The zero-order valence-electron chi connectivity index (χ0n) is 12.5. The Hall–Kier alpha value is -1.55. The van der Waals surface area contributed by atoms with Gasteiger partial charge in [-0.1, -0.05) is 32.9 Å². The molecule has 2 N–H and O–H groups in total. The molecule has 0 spiro atoms. The third-order valence-corrected chi connectivity index (χ3v) is 4.01. The molecule has 0 bridgehead atoms. The van der Waals surface area contributed by atoms with E-state index in [1.54, 1.807) is 4.90 Å². The Balaban J connectivity index is 2.07. The Morgan fingerprint density at radius 3 is 2.65 bits per heavy atom. The highest BCUT2D eigenvalue weighted by molar-refractivity contribution is 6.00. The second-order valence-electron chi connectivity index (χ2n) is 5.89. The zero-order chi connectivity index (χ0) is 14.8. The minimum Gasteiger partial charge on any atom is -0.386 e. The largest absolute Gasteiger partial charge is 0.386 e. The summed E-state index contributed by atoms with van der Waals surface area (Å²) in [6.45, 7) is 7.75. The van der Waals surface area contributed by atoms with Crippen molar-refractivity contribution in [2.24, 2.45) is 5.92 Å². The quantitative estimate of drug-likeness (QED) is 0.868. The standard InChI is InChI=1S/C16H24N2O2/c1-4-9-17-14-8-6-5-7-13(14)15(19)18-10-16(20,11-18)12(2)3/h5-8,12,17,20H,4,9-11H2,1-3H3. The van der Waals surface area contributed by atoms with E-state index in [9.17, 15) is 9.90 Å². The Bertz CT molecular complexity index is 479. The van der Waals surface area contributed by atoms with Gasteiger partial charge in [0.2, 0.25) is 0 Å². The number of rotatable bonds is 5. The van der Waals surface area contributed by atoms with Crippen molar-refractivity contribution in [1.29, 1.82) is 0 Å². The molecule has 4 nitrogen and oxygen atoms in total. The number of amides is 1. The van der Waals surface area contributed by atoms with Crippen molar-refractivity contribution in [2.75, 3.05) is 25.0 Å². The molecule has 20 heavy (non-hydrogen) atoms. The molecule has 0 aromatic heterocycles. The fourth-order valence-electron chi connectivity index (χ4n) is 2.38. The monoisotopic (exact) mass is 276 g/mol. The third kappa shape index (κ3) is 2.80. The molecule has 1 aromatic carbocycles. The van der Waals surface area contributed by atoms with Gasteiger partial charge in [0, 0.05) is 12.2 Å². The van der Waals surface area contributed by atoms with Gasteiger partial charge in [0.1, 0.15) is 5.60 Å². The number of carbonyl (C=O) groups excluding carboxylic acids is 1. The van der Waals surface area contributed by atoms with Gasteiger partial charge in [0.05, 0.1) is 18.7 Å². The average molecular weight is 276 g/mol. The molecule has 2 rings (SSSR count). The molecule has 1 saturated heterocycles. The molecule has 0 aliphatic carbocycles. The third-order valence-electron chi connectivity index (χ3n) is 4.01. The van der Waals surface area contributed by atoms with Crippen LogP contribution in [0.1, 0.15) is 37.6 Å². The number of β-amino-alcohol motifs (C(OH)–C–C–N with tert-alkyl or cyclic N) is 1. The molecule has 0 saturated carbocycles. The molecule has 4 heteroatoms. The smallest absolute Gasteiger partial charge is 0.256 e. The highest BCUT2D eigenvalue weighted by atomic mass is 16.3. The maximum absolute atomic E-state index is 12.5. The summed E-state index contributed by atoms with van der Waals surface area (Å²) in [5.74, 6) is 0.162. The second-order valence-corrected chi connectivity index (χ2v) is 5.89. The summed E-state index contributed by atoms with van der Waals surface area (Å²) in [5.41, 5.74) is 0.840. The minimum absolute atomic E-state index is 0.00507. The van der Waals surface area contributed by atoms with Gasteiger partial charge in [-0.15, -0.1) is 0 Å². The normalized spacial score (nSPS) is 16.9. The number of hydrogen-bond donors (Lipinski definition) is 2. The number of aliphatic hydroxyl groups is 1. The van der Waals surface area contributed by atoms with Gasteiger partial charge in [-0.2, -0.15) is 0 Å². The summed E-state index contributed by atoms with van der Waals surface area (Å²) in [6.07, 6.45) is 1.01. The molecule has 0 unspecified atom stereocenters. The van der Waals surface area contributed by atoms with Crippen molar-refractivity contribution < 1.29 is 9.90 Å². The molecule has 1 aromatic rings. The number of nitrogens with one attached hydrogen (secondary N) is 1. The maximum Gasteiger partial charge on any atom is 0.256 e. The molecule has 0 atom stereocenters. The first-order valence-corrected chi connectivity index (χ1v) is 7.32. The van der Waals surface area contributed by atoms with Crippen LogP contribution >= 0.6 is 0 Å². The van der Waals surface area contributed by atoms with E-state index < -0.39 is 5.60 Å². The lowest BCUT2D eigenvalue weighted by atomic mass is 9.82. The van der Waals surface area contributed by atoms with Crippen LogP contribution < -0.4 is 5.32 Å². The Kier molecular flexibility index (Phi) is 4.33. The van der Waals surface area contributed by atoms with Crippen molar-refractivity contribution in [3.05, 3.63) is 29.8 Å². The van der Waals surface area contributed by atoms with Gasteiger partial charge in [0.25, 0.3) is 5.91 Å². The number of anilines is 1. The zero-order valence-corrected chi connectivity index (χ0v) is 12.5. The highest BCUT2D eigenvalue weighted by Gasteiger charge is 2.46. The van der Waals surface area contributed by atoms with E-state index in [-0.39, 0.29) is 11.8 Å². The van der Waals surface area contributed by atoms with Crippen LogP contribution in [0.5, 0.6) is 0 Å². The van der Waals surface area contributed by atoms with Crippen molar-refractivity contribution in [2.45, 2.75) is 32.8 Å². The number of benzene rings is 1. The SMILES string of the molecule is CCCNc1ccccc1C(=O)N1CC(O)(C(C)C)C1. The van der Waals surface area contributed by atoms with Crippen LogP contribution in [0.2, 0.25) is 0 Å². The summed E-state index contributed by atoms with van der Waals surface area (Å²) in [4.78, 5) is 14.2. The molecular formula is C16H24N2O2. The fraction of sp³-hybridized carbons (Fsp3) is 0.562. The summed E-state index contributed by atoms with van der Waals surface area (Å²) in [6, 6.07) is 7.57. The Morgan fingerprint density at radius 1 is 1.40 bits per heavy atom. The summed E-state index contributed by atoms with van der Waals surface area (Å²) in [5, 5.41) is 13.5. The van der Waals surface area contributed by atoms with E-state index in [1.807, 2.05) is 38.1 Å². The number of hydrogen-bond acceptors (Lipinski definition) is 3. The second kappa shape index (κ2) is 5.83. The molecule has 1 heterocycles. The first kappa shape index (κ1) is 14.9. The van der Waals surface area contributed by atoms with Gasteiger partial charge in [-0.05, 0) is 24.5 Å². The van der Waals surface area contributed by atoms with Crippen molar-refractivity contribution in [3.8, 4) is 0 Å². The van der Waals surface area contributed by atoms with Crippen LogP contribution in [0.3, 0.4) is 0 Å². The first-order valence-electron chi connectivity index (χ1n) is 7.32. The van der Waals surface area contributed by atoms with Crippen LogP contribution in [-0.2, 0) is 0 Å². The van der Waals surface area contributed by atoms with E-state index in [2.05, 4.69) is 12.2 Å². The van der Waals surface area contributed by atoms with Crippen LogP contribution in [-0.4, -0.2) is 41.1 Å². The van der Waals surface area contributed by atoms with Crippen molar-refractivity contribution >= 4 is 11.6 Å². The van der Waals surface area contributed by atoms with Gasteiger partial charge >= 0.3 is 0 Å².